The Kier molecular flexibility index (Phi) is 3.53. The smallest absolute Gasteiger partial charge is 0.0416 e. The molecule has 1 aliphatic carbocycles. The summed E-state index contributed by atoms with van der Waals surface area (Å²) in [6, 6.07) is 8.55. The van der Waals surface area contributed by atoms with Crippen LogP contribution < -0.4 is 5.73 Å². The molecule has 2 nitrogen and oxygen atoms in total. The van der Waals surface area contributed by atoms with Crippen molar-refractivity contribution in [1.29, 1.82) is 0 Å². The third-order valence-corrected chi connectivity index (χ3v) is 5.32. The summed E-state index contributed by atoms with van der Waals surface area (Å²) < 4.78 is 0. The number of nitrogens with two attached hydrogens (primary N) is 1. The minimum absolute atomic E-state index is 0.178. The van der Waals surface area contributed by atoms with Gasteiger partial charge in [-0.15, -0.1) is 0 Å². The molecule has 1 aromatic carbocycles. The second-order valence-electron chi connectivity index (χ2n) is 7.70. The number of hydrogen-bond donors (Lipinski definition) is 1. The molecule has 2 heteroatoms. The molecule has 0 radical (unpaired) electrons. The van der Waals surface area contributed by atoms with Gasteiger partial charge in [0, 0.05) is 23.3 Å². The van der Waals surface area contributed by atoms with Crippen molar-refractivity contribution in [1.82, 2.24) is 4.98 Å². The molecule has 0 unspecified atom stereocenters. The minimum Gasteiger partial charge on any atom is -0.321 e. The van der Waals surface area contributed by atoms with Gasteiger partial charge in [-0.3, -0.25) is 4.98 Å². The predicted octanol–water partition coefficient (Wildman–Crippen LogP) is 4.63. The lowest BCUT2D eigenvalue weighted by molar-refractivity contribution is 0.134. The summed E-state index contributed by atoms with van der Waals surface area (Å²) in [4.78, 5) is 4.23. The van der Waals surface area contributed by atoms with Gasteiger partial charge in [0.1, 0.15) is 0 Å². The summed E-state index contributed by atoms with van der Waals surface area (Å²) in [5.41, 5.74) is 8.35. The Balaban J connectivity index is 1.93. The van der Waals surface area contributed by atoms with Gasteiger partial charge < -0.3 is 5.73 Å². The molecule has 0 saturated heterocycles. The third kappa shape index (κ3) is 2.69. The van der Waals surface area contributed by atoms with Crippen LogP contribution in [0.3, 0.4) is 0 Å². The second-order valence-corrected chi connectivity index (χ2v) is 7.70. The Morgan fingerprint density at radius 2 is 1.86 bits per heavy atom. The van der Waals surface area contributed by atoms with Gasteiger partial charge >= 0.3 is 0 Å². The van der Waals surface area contributed by atoms with Crippen LogP contribution in [0.2, 0.25) is 0 Å². The minimum atomic E-state index is -0.178. The largest absolute Gasteiger partial charge is 0.321 e. The van der Waals surface area contributed by atoms with Gasteiger partial charge in [-0.2, -0.15) is 0 Å². The number of fused-ring (bicyclic) bond motifs is 1. The lowest BCUT2D eigenvalue weighted by atomic mass is 9.65. The van der Waals surface area contributed by atoms with E-state index in [1.165, 1.54) is 29.2 Å². The van der Waals surface area contributed by atoms with E-state index in [4.69, 9.17) is 5.73 Å². The highest BCUT2D eigenvalue weighted by atomic mass is 14.8. The topological polar surface area (TPSA) is 38.9 Å². The fraction of sp³-hybridized carbons (Fsp3) is 0.526. The zero-order chi connectivity index (χ0) is 15.1. The third-order valence-electron chi connectivity index (χ3n) is 5.32. The summed E-state index contributed by atoms with van der Waals surface area (Å²) >= 11 is 0. The van der Waals surface area contributed by atoms with Crippen LogP contribution in [0.15, 0.2) is 36.7 Å². The SMILES string of the molecule is CC(C)(C)C1CCC(N)(c2cccc3cnccc23)CC1. The van der Waals surface area contributed by atoms with E-state index in [2.05, 4.69) is 50.0 Å². The van der Waals surface area contributed by atoms with Crippen molar-refractivity contribution < 1.29 is 0 Å². The molecule has 3 rings (SSSR count). The highest BCUT2D eigenvalue weighted by Crippen LogP contribution is 2.45. The maximum absolute atomic E-state index is 6.83. The maximum Gasteiger partial charge on any atom is 0.0416 e. The predicted molar refractivity (Wildman–Crippen MR) is 89.0 cm³/mol. The van der Waals surface area contributed by atoms with Crippen molar-refractivity contribution in [2.45, 2.75) is 52.0 Å². The Hall–Kier alpha value is -1.41. The highest BCUT2D eigenvalue weighted by molar-refractivity contribution is 5.85. The molecule has 1 fully saturated rings. The number of nitrogens with zero attached hydrogens (tertiary/aromatic N) is 1. The van der Waals surface area contributed by atoms with Crippen LogP contribution >= 0.6 is 0 Å². The van der Waals surface area contributed by atoms with E-state index in [-0.39, 0.29) is 5.54 Å². The molecule has 1 aliphatic rings. The maximum atomic E-state index is 6.83. The Morgan fingerprint density at radius 1 is 1.14 bits per heavy atom. The monoisotopic (exact) mass is 282 g/mol. The lowest BCUT2D eigenvalue weighted by Gasteiger charge is -2.42. The fourth-order valence-corrected chi connectivity index (χ4v) is 3.83. The summed E-state index contributed by atoms with van der Waals surface area (Å²) in [5.74, 6) is 0.783. The van der Waals surface area contributed by atoms with E-state index in [1.54, 1.807) is 0 Å². The van der Waals surface area contributed by atoms with Gasteiger partial charge in [-0.05, 0) is 54.0 Å². The molecule has 1 saturated carbocycles. The quantitative estimate of drug-likeness (QED) is 0.828. The van der Waals surface area contributed by atoms with Gasteiger partial charge in [0.05, 0.1) is 0 Å². The van der Waals surface area contributed by atoms with Crippen molar-refractivity contribution in [3.63, 3.8) is 0 Å². The molecule has 0 spiro atoms. The van der Waals surface area contributed by atoms with Gasteiger partial charge in [-0.1, -0.05) is 39.0 Å². The van der Waals surface area contributed by atoms with Crippen molar-refractivity contribution in [2.24, 2.45) is 17.1 Å². The first kappa shape index (κ1) is 14.5. The average molecular weight is 282 g/mol. The number of rotatable bonds is 1. The van der Waals surface area contributed by atoms with Crippen LogP contribution in [0.5, 0.6) is 0 Å². The van der Waals surface area contributed by atoms with Crippen LogP contribution in [-0.2, 0) is 5.54 Å². The van der Waals surface area contributed by atoms with Crippen molar-refractivity contribution in [2.75, 3.05) is 0 Å². The zero-order valence-electron chi connectivity index (χ0n) is 13.4. The van der Waals surface area contributed by atoms with E-state index >= 15 is 0 Å². The van der Waals surface area contributed by atoms with Gasteiger partial charge in [-0.25, -0.2) is 0 Å². The van der Waals surface area contributed by atoms with Gasteiger partial charge in [0.2, 0.25) is 0 Å². The lowest BCUT2D eigenvalue weighted by Crippen LogP contribution is -2.42. The van der Waals surface area contributed by atoms with Crippen LogP contribution in [0.1, 0.15) is 52.0 Å². The van der Waals surface area contributed by atoms with Crippen molar-refractivity contribution >= 4 is 10.8 Å². The molecule has 0 amide bonds. The number of hydrogen-bond acceptors (Lipinski definition) is 2. The molecule has 112 valence electrons. The number of pyridine rings is 1. The van der Waals surface area contributed by atoms with E-state index in [1.807, 2.05) is 12.4 Å². The molecule has 1 heterocycles. The van der Waals surface area contributed by atoms with Crippen LogP contribution in [0.25, 0.3) is 10.8 Å². The van der Waals surface area contributed by atoms with E-state index in [0.29, 0.717) is 5.41 Å². The van der Waals surface area contributed by atoms with E-state index < -0.39 is 0 Å². The van der Waals surface area contributed by atoms with E-state index in [9.17, 15) is 0 Å². The molecular formula is C19H26N2. The first-order chi connectivity index (χ1) is 9.90. The van der Waals surface area contributed by atoms with Crippen LogP contribution in [0.4, 0.5) is 0 Å². The van der Waals surface area contributed by atoms with Crippen molar-refractivity contribution in [3.05, 3.63) is 42.2 Å². The molecule has 21 heavy (non-hydrogen) atoms. The number of aromatic nitrogens is 1. The Morgan fingerprint density at radius 3 is 2.52 bits per heavy atom. The molecule has 0 bridgehead atoms. The Labute approximate surface area is 127 Å². The summed E-state index contributed by atoms with van der Waals surface area (Å²) in [6.45, 7) is 7.06. The molecule has 2 N–H and O–H groups in total. The van der Waals surface area contributed by atoms with Gasteiger partial charge in [0.25, 0.3) is 0 Å². The summed E-state index contributed by atoms with van der Waals surface area (Å²) in [6.07, 6.45) is 8.41. The van der Waals surface area contributed by atoms with Crippen LogP contribution in [0, 0.1) is 11.3 Å². The molecule has 2 aromatic rings. The molecule has 1 aromatic heterocycles. The average Bonchev–Trinajstić information content (AvgIpc) is 2.46. The fourth-order valence-electron chi connectivity index (χ4n) is 3.83. The van der Waals surface area contributed by atoms with E-state index in [0.717, 1.165) is 18.8 Å². The molecular weight excluding hydrogens is 256 g/mol. The zero-order valence-corrected chi connectivity index (χ0v) is 13.4. The first-order valence-electron chi connectivity index (χ1n) is 8.02. The second kappa shape index (κ2) is 5.10. The van der Waals surface area contributed by atoms with Crippen molar-refractivity contribution in [3.8, 4) is 0 Å². The summed E-state index contributed by atoms with van der Waals surface area (Å²) in [7, 11) is 0. The first-order valence-corrected chi connectivity index (χ1v) is 8.02. The molecule has 0 atom stereocenters. The van der Waals surface area contributed by atoms with Crippen LogP contribution in [-0.4, -0.2) is 4.98 Å². The molecule has 0 aliphatic heterocycles. The standard InChI is InChI=1S/C19H26N2/c1-18(2,3)15-7-10-19(20,11-8-15)17-6-4-5-14-13-21-12-9-16(14)17/h4-6,9,12-13,15H,7-8,10-11,20H2,1-3H3. The highest BCUT2D eigenvalue weighted by Gasteiger charge is 2.37. The number of benzene rings is 1. The Bertz CT molecular complexity index is 626. The van der Waals surface area contributed by atoms with Gasteiger partial charge in [0.15, 0.2) is 0 Å². The summed E-state index contributed by atoms with van der Waals surface area (Å²) in [5, 5.41) is 2.46. The normalized spacial score (nSPS) is 27.0.